The minimum atomic E-state index is -0.117. The Labute approximate surface area is 198 Å². The number of carbonyl (C=O) groups excluding carboxylic acids is 1. The summed E-state index contributed by atoms with van der Waals surface area (Å²) >= 11 is 0. The summed E-state index contributed by atoms with van der Waals surface area (Å²) in [6.07, 6.45) is 6.55. The summed E-state index contributed by atoms with van der Waals surface area (Å²) in [6.45, 7) is 2.00. The highest BCUT2D eigenvalue weighted by Crippen LogP contribution is 2.42. The van der Waals surface area contributed by atoms with Crippen molar-refractivity contribution < 1.29 is 9.90 Å². The second-order valence-electron chi connectivity index (χ2n) is 9.64. The standard InChI is InChI=1S/C29H27N3O2/c1-18-10-26-15-25(17-33)31-32(26)29(24-13-20-4-2-3-5-21(20)14-24)28(18)27(34)12-19-6-7-23-16-30-9-8-22(23)11-19/h2-9,11,15-16,24,29,33H,10,12-14,17H2,1H3. The van der Waals surface area contributed by atoms with E-state index in [9.17, 15) is 9.90 Å². The van der Waals surface area contributed by atoms with E-state index in [0.717, 1.165) is 46.0 Å². The average molecular weight is 450 g/mol. The molecule has 1 atom stereocenters. The molecular formula is C29H27N3O2. The van der Waals surface area contributed by atoms with Crippen LogP contribution >= 0.6 is 0 Å². The minimum Gasteiger partial charge on any atom is -0.390 e. The number of allylic oxidation sites excluding steroid dienone is 2. The molecule has 2 aromatic carbocycles. The van der Waals surface area contributed by atoms with Crippen LogP contribution in [0.5, 0.6) is 0 Å². The second kappa shape index (κ2) is 8.33. The van der Waals surface area contributed by atoms with E-state index in [1.165, 1.54) is 11.1 Å². The molecule has 5 nitrogen and oxygen atoms in total. The number of ketones is 1. The van der Waals surface area contributed by atoms with E-state index in [1.54, 1.807) is 6.20 Å². The molecule has 0 bridgehead atoms. The molecule has 0 spiro atoms. The molecule has 0 fully saturated rings. The quantitative estimate of drug-likeness (QED) is 0.485. The van der Waals surface area contributed by atoms with E-state index in [-0.39, 0.29) is 24.3 Å². The Morgan fingerprint density at radius 2 is 1.85 bits per heavy atom. The van der Waals surface area contributed by atoms with Gasteiger partial charge in [0, 0.05) is 41.9 Å². The maximum atomic E-state index is 13.9. The first-order chi connectivity index (χ1) is 16.6. The Morgan fingerprint density at radius 1 is 1.06 bits per heavy atom. The number of Topliss-reactive ketones (excluding diaryl/α,β-unsaturated/α-hetero) is 1. The Hall–Kier alpha value is -3.57. The molecule has 1 aliphatic carbocycles. The molecule has 1 unspecified atom stereocenters. The molecule has 0 amide bonds. The predicted octanol–water partition coefficient (Wildman–Crippen LogP) is 4.56. The molecule has 5 heteroatoms. The predicted molar refractivity (Wildman–Crippen MR) is 131 cm³/mol. The van der Waals surface area contributed by atoms with Crippen LogP contribution in [-0.2, 0) is 37.1 Å². The third kappa shape index (κ3) is 3.57. The molecule has 4 aromatic rings. The van der Waals surface area contributed by atoms with Gasteiger partial charge in [-0.1, -0.05) is 48.0 Å². The molecule has 0 saturated carbocycles. The van der Waals surface area contributed by atoms with Crippen LogP contribution in [0.4, 0.5) is 0 Å². The van der Waals surface area contributed by atoms with Crippen molar-refractivity contribution in [3.05, 3.63) is 106 Å². The van der Waals surface area contributed by atoms with E-state index in [1.807, 2.05) is 35.1 Å². The van der Waals surface area contributed by atoms with Crippen LogP contribution in [0, 0.1) is 5.92 Å². The summed E-state index contributed by atoms with van der Waals surface area (Å²) in [5, 5.41) is 16.7. The van der Waals surface area contributed by atoms with Gasteiger partial charge in [-0.05, 0) is 59.9 Å². The molecule has 2 aromatic heterocycles. The number of benzene rings is 2. The lowest BCUT2D eigenvalue weighted by Gasteiger charge is -2.33. The molecule has 0 saturated heterocycles. The zero-order valence-electron chi connectivity index (χ0n) is 19.2. The number of nitrogens with zero attached hydrogens (tertiary/aromatic N) is 3. The fourth-order valence-corrected chi connectivity index (χ4v) is 5.86. The first kappa shape index (κ1) is 21.0. The van der Waals surface area contributed by atoms with Crippen molar-refractivity contribution in [1.82, 2.24) is 14.8 Å². The zero-order valence-corrected chi connectivity index (χ0v) is 19.2. The van der Waals surface area contributed by atoms with Crippen LogP contribution < -0.4 is 0 Å². The van der Waals surface area contributed by atoms with Crippen molar-refractivity contribution in [2.45, 2.75) is 45.3 Å². The van der Waals surface area contributed by atoms with Gasteiger partial charge >= 0.3 is 0 Å². The number of fused-ring (bicyclic) bond motifs is 3. The van der Waals surface area contributed by atoms with Crippen molar-refractivity contribution >= 4 is 16.6 Å². The number of hydrogen-bond acceptors (Lipinski definition) is 4. The van der Waals surface area contributed by atoms with Gasteiger partial charge in [0.1, 0.15) is 0 Å². The second-order valence-corrected chi connectivity index (χ2v) is 9.64. The van der Waals surface area contributed by atoms with Crippen LogP contribution in [-0.4, -0.2) is 25.7 Å². The van der Waals surface area contributed by atoms with Crippen LogP contribution in [0.25, 0.3) is 10.8 Å². The maximum Gasteiger partial charge on any atom is 0.165 e. The highest BCUT2D eigenvalue weighted by molar-refractivity contribution is 5.99. The SMILES string of the molecule is CC1=C(C(=O)Cc2ccc3cnccc3c2)C(C2Cc3ccccc3C2)n2nc(CO)cc2C1. The van der Waals surface area contributed by atoms with Gasteiger partial charge in [-0.3, -0.25) is 14.5 Å². The van der Waals surface area contributed by atoms with Gasteiger partial charge < -0.3 is 5.11 Å². The van der Waals surface area contributed by atoms with Gasteiger partial charge in [-0.2, -0.15) is 5.10 Å². The Bertz CT molecular complexity index is 1420. The minimum absolute atomic E-state index is 0.0914. The Morgan fingerprint density at radius 3 is 2.62 bits per heavy atom. The number of carbonyl (C=O) groups is 1. The number of rotatable bonds is 5. The smallest absolute Gasteiger partial charge is 0.165 e. The number of aromatic nitrogens is 3. The third-order valence-electron chi connectivity index (χ3n) is 7.39. The van der Waals surface area contributed by atoms with Gasteiger partial charge in [-0.25, -0.2) is 0 Å². The molecule has 170 valence electrons. The van der Waals surface area contributed by atoms with E-state index in [0.29, 0.717) is 18.5 Å². The topological polar surface area (TPSA) is 68.0 Å². The fourth-order valence-electron chi connectivity index (χ4n) is 5.86. The van der Waals surface area contributed by atoms with Crippen LogP contribution in [0.1, 0.15) is 41.0 Å². The van der Waals surface area contributed by atoms with E-state index in [2.05, 4.69) is 42.2 Å². The van der Waals surface area contributed by atoms with Crippen LogP contribution in [0.2, 0.25) is 0 Å². The molecule has 6 rings (SSSR count). The number of pyridine rings is 1. The molecule has 3 heterocycles. The van der Waals surface area contributed by atoms with Crippen molar-refractivity contribution in [2.24, 2.45) is 5.92 Å². The van der Waals surface area contributed by atoms with Crippen molar-refractivity contribution in [3.63, 3.8) is 0 Å². The average Bonchev–Trinajstić information content (AvgIpc) is 3.46. The van der Waals surface area contributed by atoms with Gasteiger partial charge in [0.05, 0.1) is 18.3 Å². The van der Waals surface area contributed by atoms with Crippen molar-refractivity contribution in [2.75, 3.05) is 0 Å². The first-order valence-electron chi connectivity index (χ1n) is 11.9. The molecule has 2 aliphatic rings. The Balaban J connectivity index is 1.37. The highest BCUT2D eigenvalue weighted by Gasteiger charge is 2.39. The first-order valence-corrected chi connectivity index (χ1v) is 11.9. The largest absolute Gasteiger partial charge is 0.390 e. The highest BCUT2D eigenvalue weighted by atomic mass is 16.3. The third-order valence-corrected chi connectivity index (χ3v) is 7.39. The Kier molecular flexibility index (Phi) is 5.15. The molecular weight excluding hydrogens is 422 g/mol. The van der Waals surface area contributed by atoms with Crippen LogP contribution in [0.15, 0.2) is 78.1 Å². The van der Waals surface area contributed by atoms with Crippen molar-refractivity contribution in [3.8, 4) is 0 Å². The summed E-state index contributed by atoms with van der Waals surface area (Å²) in [6, 6.07) is 18.6. The van der Waals surface area contributed by atoms with Crippen molar-refractivity contribution in [1.29, 1.82) is 0 Å². The molecule has 0 radical (unpaired) electrons. The zero-order chi connectivity index (χ0) is 23.2. The van der Waals surface area contributed by atoms with E-state index < -0.39 is 0 Å². The summed E-state index contributed by atoms with van der Waals surface area (Å²) in [5.74, 6) is 0.429. The van der Waals surface area contributed by atoms with Gasteiger partial charge in [0.25, 0.3) is 0 Å². The normalized spacial score (nSPS) is 17.8. The summed E-state index contributed by atoms with van der Waals surface area (Å²) < 4.78 is 2.04. The van der Waals surface area contributed by atoms with Gasteiger partial charge in [0.2, 0.25) is 0 Å². The lowest BCUT2D eigenvalue weighted by molar-refractivity contribution is -0.115. The lowest BCUT2D eigenvalue weighted by Crippen LogP contribution is -2.32. The summed E-state index contributed by atoms with van der Waals surface area (Å²) in [5.41, 5.74) is 7.50. The number of hydrogen-bond donors (Lipinski definition) is 1. The van der Waals surface area contributed by atoms with E-state index in [4.69, 9.17) is 5.10 Å². The monoisotopic (exact) mass is 449 g/mol. The van der Waals surface area contributed by atoms with Gasteiger partial charge in [-0.15, -0.1) is 0 Å². The van der Waals surface area contributed by atoms with E-state index >= 15 is 0 Å². The van der Waals surface area contributed by atoms with Crippen LogP contribution in [0.3, 0.4) is 0 Å². The molecule has 1 aliphatic heterocycles. The lowest BCUT2D eigenvalue weighted by atomic mass is 9.81. The van der Waals surface area contributed by atoms with Gasteiger partial charge in [0.15, 0.2) is 5.78 Å². The fraction of sp³-hybridized carbons (Fsp3) is 0.276. The summed E-state index contributed by atoms with van der Waals surface area (Å²) in [4.78, 5) is 18.1. The molecule has 34 heavy (non-hydrogen) atoms. The maximum absolute atomic E-state index is 13.9. The number of aliphatic hydroxyl groups is 1. The summed E-state index contributed by atoms with van der Waals surface area (Å²) in [7, 11) is 0. The molecule has 1 N–H and O–H groups in total. The number of aliphatic hydroxyl groups excluding tert-OH is 1.